The number of aliphatic imine (C=N–C) groups is 1. The van der Waals surface area contributed by atoms with Gasteiger partial charge in [-0.05, 0) is 18.3 Å². The van der Waals surface area contributed by atoms with E-state index in [0.29, 0.717) is 0 Å². The lowest BCUT2D eigenvalue weighted by Crippen LogP contribution is -2.28. The lowest BCUT2D eigenvalue weighted by atomic mass is 9.83. The van der Waals surface area contributed by atoms with Gasteiger partial charge in [0.2, 0.25) is 0 Å². The second-order valence-electron chi connectivity index (χ2n) is 4.57. The van der Waals surface area contributed by atoms with Gasteiger partial charge in [0.1, 0.15) is 0 Å². The summed E-state index contributed by atoms with van der Waals surface area (Å²) >= 11 is 1.89. The van der Waals surface area contributed by atoms with Crippen molar-refractivity contribution in [2.75, 3.05) is 18.8 Å². The number of hydrogen-bond acceptors (Lipinski definition) is 3. The van der Waals surface area contributed by atoms with Crippen LogP contribution in [-0.4, -0.2) is 24.0 Å². The van der Waals surface area contributed by atoms with Crippen molar-refractivity contribution in [1.29, 1.82) is 0 Å². The summed E-state index contributed by atoms with van der Waals surface area (Å²) in [6.45, 7) is 4.41. The molecule has 1 saturated carbocycles. The van der Waals surface area contributed by atoms with Crippen molar-refractivity contribution in [3.63, 3.8) is 0 Å². The van der Waals surface area contributed by atoms with Crippen molar-refractivity contribution in [3.8, 4) is 0 Å². The summed E-state index contributed by atoms with van der Waals surface area (Å²) in [5.74, 6) is 3.00. The van der Waals surface area contributed by atoms with Gasteiger partial charge in [0, 0.05) is 18.8 Å². The van der Waals surface area contributed by atoms with Crippen LogP contribution >= 0.6 is 11.8 Å². The van der Waals surface area contributed by atoms with Crippen LogP contribution in [-0.2, 0) is 0 Å². The van der Waals surface area contributed by atoms with Crippen LogP contribution in [0.3, 0.4) is 0 Å². The summed E-state index contributed by atoms with van der Waals surface area (Å²) in [6, 6.07) is 0. The van der Waals surface area contributed by atoms with Gasteiger partial charge in [-0.15, -0.1) is 0 Å². The Morgan fingerprint density at radius 2 is 2.36 bits per heavy atom. The Morgan fingerprint density at radius 3 is 2.93 bits per heavy atom. The normalized spacial score (nSPS) is 28.1. The van der Waals surface area contributed by atoms with Crippen LogP contribution in [0.15, 0.2) is 4.99 Å². The second-order valence-corrected chi connectivity index (χ2v) is 5.58. The lowest BCUT2D eigenvalue weighted by molar-refractivity contribution is 0.297. The fourth-order valence-corrected chi connectivity index (χ4v) is 2.75. The Labute approximate surface area is 90.9 Å². The SMILES string of the molecule is CC1CN=C(NCCC2CCC2)SC1. The number of hydrogen-bond donors (Lipinski definition) is 1. The largest absolute Gasteiger partial charge is 0.365 e. The minimum absolute atomic E-state index is 0.761. The summed E-state index contributed by atoms with van der Waals surface area (Å²) in [4.78, 5) is 4.52. The highest BCUT2D eigenvalue weighted by molar-refractivity contribution is 8.13. The quantitative estimate of drug-likeness (QED) is 0.777. The van der Waals surface area contributed by atoms with Crippen molar-refractivity contribution >= 4 is 16.9 Å². The van der Waals surface area contributed by atoms with E-state index in [1.165, 1.54) is 36.6 Å². The molecule has 0 aromatic carbocycles. The molecule has 0 bridgehead atoms. The molecule has 1 unspecified atom stereocenters. The molecule has 1 heterocycles. The van der Waals surface area contributed by atoms with E-state index in [9.17, 15) is 0 Å². The average Bonchev–Trinajstić information content (AvgIpc) is 2.12. The first kappa shape index (κ1) is 10.3. The average molecular weight is 212 g/mol. The van der Waals surface area contributed by atoms with Crippen LogP contribution in [0.5, 0.6) is 0 Å². The first-order valence-electron chi connectivity index (χ1n) is 5.75. The molecule has 80 valence electrons. The Bertz CT molecular complexity index is 211. The van der Waals surface area contributed by atoms with Crippen molar-refractivity contribution in [1.82, 2.24) is 5.32 Å². The minimum atomic E-state index is 0.761. The first-order chi connectivity index (χ1) is 6.84. The molecule has 0 aromatic rings. The predicted octanol–water partition coefficient (Wildman–Crippen LogP) is 2.51. The topological polar surface area (TPSA) is 24.4 Å². The minimum Gasteiger partial charge on any atom is -0.365 e. The van der Waals surface area contributed by atoms with Gasteiger partial charge in [-0.2, -0.15) is 0 Å². The third kappa shape index (κ3) is 2.91. The van der Waals surface area contributed by atoms with Gasteiger partial charge in [-0.1, -0.05) is 37.9 Å². The maximum atomic E-state index is 4.52. The number of rotatable bonds is 3. The van der Waals surface area contributed by atoms with E-state index in [1.54, 1.807) is 0 Å². The predicted molar refractivity (Wildman–Crippen MR) is 63.9 cm³/mol. The van der Waals surface area contributed by atoms with E-state index in [2.05, 4.69) is 17.2 Å². The Kier molecular flexibility index (Phi) is 3.74. The van der Waals surface area contributed by atoms with Crippen LogP contribution in [0.2, 0.25) is 0 Å². The molecule has 1 aliphatic carbocycles. The molecular weight excluding hydrogens is 192 g/mol. The zero-order valence-electron chi connectivity index (χ0n) is 8.96. The van der Waals surface area contributed by atoms with Gasteiger partial charge < -0.3 is 5.32 Å². The highest BCUT2D eigenvalue weighted by Gasteiger charge is 2.17. The second kappa shape index (κ2) is 5.06. The maximum Gasteiger partial charge on any atom is 0.156 e. The van der Waals surface area contributed by atoms with E-state index in [4.69, 9.17) is 0 Å². The molecule has 14 heavy (non-hydrogen) atoms. The number of amidine groups is 1. The molecule has 0 radical (unpaired) electrons. The third-order valence-electron chi connectivity index (χ3n) is 3.10. The summed E-state index contributed by atoms with van der Waals surface area (Å²) in [6.07, 6.45) is 5.71. The van der Waals surface area contributed by atoms with Gasteiger partial charge in [-0.3, -0.25) is 4.99 Å². The molecule has 3 heteroatoms. The molecule has 2 aliphatic rings. The molecule has 1 fully saturated rings. The van der Waals surface area contributed by atoms with Crippen molar-refractivity contribution in [2.45, 2.75) is 32.6 Å². The van der Waals surface area contributed by atoms with E-state index in [0.717, 1.165) is 24.9 Å². The molecule has 1 atom stereocenters. The van der Waals surface area contributed by atoms with E-state index in [-0.39, 0.29) is 0 Å². The standard InChI is InChI=1S/C11H20N2S/c1-9-7-13-11(14-8-9)12-6-5-10-3-2-4-10/h9-10H,2-8H2,1H3,(H,12,13). The highest BCUT2D eigenvalue weighted by atomic mass is 32.2. The van der Waals surface area contributed by atoms with Gasteiger partial charge in [0.25, 0.3) is 0 Å². The van der Waals surface area contributed by atoms with Crippen LogP contribution < -0.4 is 5.32 Å². The Balaban J connectivity index is 1.60. The summed E-state index contributed by atoms with van der Waals surface area (Å²) < 4.78 is 0. The first-order valence-corrected chi connectivity index (χ1v) is 6.74. The smallest absolute Gasteiger partial charge is 0.156 e. The van der Waals surface area contributed by atoms with Crippen LogP contribution in [0, 0.1) is 11.8 Å². The van der Waals surface area contributed by atoms with Gasteiger partial charge in [-0.25, -0.2) is 0 Å². The molecule has 0 aromatic heterocycles. The number of thioether (sulfide) groups is 1. The zero-order valence-corrected chi connectivity index (χ0v) is 9.78. The zero-order chi connectivity index (χ0) is 9.80. The molecule has 1 aliphatic heterocycles. The maximum absolute atomic E-state index is 4.52. The van der Waals surface area contributed by atoms with Crippen molar-refractivity contribution in [3.05, 3.63) is 0 Å². The summed E-state index contributed by atoms with van der Waals surface area (Å²) in [5.41, 5.74) is 0. The molecule has 1 N–H and O–H groups in total. The molecule has 2 nitrogen and oxygen atoms in total. The van der Waals surface area contributed by atoms with Crippen LogP contribution in [0.4, 0.5) is 0 Å². The van der Waals surface area contributed by atoms with Gasteiger partial charge >= 0.3 is 0 Å². The molecular formula is C11H20N2S. The van der Waals surface area contributed by atoms with Crippen molar-refractivity contribution < 1.29 is 0 Å². The molecule has 2 rings (SSSR count). The Hall–Kier alpha value is -0.180. The summed E-state index contributed by atoms with van der Waals surface area (Å²) in [7, 11) is 0. The summed E-state index contributed by atoms with van der Waals surface area (Å²) in [5, 5.41) is 4.64. The fourth-order valence-electron chi connectivity index (χ4n) is 1.83. The lowest BCUT2D eigenvalue weighted by Gasteiger charge is -2.26. The number of nitrogens with one attached hydrogen (secondary N) is 1. The van der Waals surface area contributed by atoms with E-state index >= 15 is 0 Å². The fraction of sp³-hybridized carbons (Fsp3) is 0.909. The molecule has 0 saturated heterocycles. The van der Waals surface area contributed by atoms with Gasteiger partial charge in [0.15, 0.2) is 5.17 Å². The molecule has 0 spiro atoms. The van der Waals surface area contributed by atoms with Gasteiger partial charge in [0.05, 0.1) is 0 Å². The van der Waals surface area contributed by atoms with E-state index in [1.807, 2.05) is 11.8 Å². The van der Waals surface area contributed by atoms with E-state index < -0.39 is 0 Å². The highest BCUT2D eigenvalue weighted by Crippen LogP contribution is 2.28. The van der Waals surface area contributed by atoms with Crippen molar-refractivity contribution in [2.24, 2.45) is 16.8 Å². The molecule has 0 amide bonds. The number of nitrogens with zero attached hydrogens (tertiary/aromatic N) is 1. The monoisotopic (exact) mass is 212 g/mol. The Morgan fingerprint density at radius 1 is 1.50 bits per heavy atom. The third-order valence-corrected chi connectivity index (χ3v) is 4.39. The van der Waals surface area contributed by atoms with Crippen LogP contribution in [0.1, 0.15) is 32.6 Å². The van der Waals surface area contributed by atoms with Crippen LogP contribution in [0.25, 0.3) is 0 Å².